The van der Waals surface area contributed by atoms with E-state index in [1.54, 1.807) is 37.3 Å². The summed E-state index contributed by atoms with van der Waals surface area (Å²) >= 11 is 12.2. The van der Waals surface area contributed by atoms with Gasteiger partial charge in [0.05, 0.1) is 6.42 Å². The summed E-state index contributed by atoms with van der Waals surface area (Å²) in [5, 5.41) is 3.99. The topological polar surface area (TPSA) is 49.4 Å². The van der Waals surface area contributed by atoms with E-state index in [2.05, 4.69) is 5.32 Å². The Hall–Kier alpha value is -2.11. The highest BCUT2D eigenvalue weighted by molar-refractivity contribution is 6.35. The third-order valence-electron chi connectivity index (χ3n) is 5.74. The van der Waals surface area contributed by atoms with Gasteiger partial charge >= 0.3 is 0 Å². The molecular weight excluding hydrogens is 438 g/mol. The highest BCUT2D eigenvalue weighted by Crippen LogP contribution is 2.23. The van der Waals surface area contributed by atoms with E-state index in [0.717, 1.165) is 31.2 Å². The molecule has 0 aliphatic heterocycles. The van der Waals surface area contributed by atoms with Crippen molar-refractivity contribution in [1.82, 2.24) is 10.2 Å². The molecule has 1 saturated carbocycles. The number of nitrogens with zero attached hydrogens (tertiary/aromatic N) is 1. The number of rotatable bonds is 7. The van der Waals surface area contributed by atoms with Crippen LogP contribution in [0.3, 0.4) is 0 Å². The Morgan fingerprint density at radius 1 is 1.10 bits per heavy atom. The molecule has 0 aromatic heterocycles. The number of carbonyl (C=O) groups is 2. The Balaban J connectivity index is 1.77. The van der Waals surface area contributed by atoms with Gasteiger partial charge in [-0.3, -0.25) is 9.59 Å². The molecule has 0 bridgehead atoms. The van der Waals surface area contributed by atoms with Gasteiger partial charge in [-0.2, -0.15) is 0 Å². The van der Waals surface area contributed by atoms with Gasteiger partial charge in [0.1, 0.15) is 11.9 Å². The molecule has 0 heterocycles. The molecule has 1 N–H and O–H groups in total. The van der Waals surface area contributed by atoms with Crippen LogP contribution in [0.5, 0.6) is 0 Å². The zero-order valence-corrected chi connectivity index (χ0v) is 19.1. The first kappa shape index (κ1) is 23.6. The molecule has 1 atom stereocenters. The van der Waals surface area contributed by atoms with Gasteiger partial charge in [0.15, 0.2) is 0 Å². The zero-order valence-electron chi connectivity index (χ0n) is 17.5. The van der Waals surface area contributed by atoms with Crippen LogP contribution in [0, 0.1) is 5.82 Å². The highest BCUT2D eigenvalue weighted by atomic mass is 35.5. The molecule has 2 aromatic carbocycles. The summed E-state index contributed by atoms with van der Waals surface area (Å²) in [5.41, 5.74) is 1.38. The molecule has 0 radical (unpaired) electrons. The third kappa shape index (κ3) is 6.68. The van der Waals surface area contributed by atoms with Crippen LogP contribution in [0.25, 0.3) is 0 Å². The molecular formula is C24H27Cl2FN2O2. The second kappa shape index (κ2) is 11.0. The summed E-state index contributed by atoms with van der Waals surface area (Å²) in [6.07, 6.45) is 5.37. The maximum Gasteiger partial charge on any atom is 0.242 e. The zero-order chi connectivity index (χ0) is 22.4. The Morgan fingerprint density at radius 3 is 2.42 bits per heavy atom. The van der Waals surface area contributed by atoms with Crippen molar-refractivity contribution >= 4 is 35.0 Å². The number of carbonyl (C=O) groups excluding carboxylic acids is 2. The molecule has 4 nitrogen and oxygen atoms in total. The second-order valence-corrected chi connectivity index (χ2v) is 8.92. The molecule has 3 rings (SSSR count). The Labute approximate surface area is 192 Å². The largest absolute Gasteiger partial charge is 0.352 e. The van der Waals surface area contributed by atoms with Gasteiger partial charge < -0.3 is 10.2 Å². The van der Waals surface area contributed by atoms with Crippen molar-refractivity contribution in [3.63, 3.8) is 0 Å². The minimum Gasteiger partial charge on any atom is -0.352 e. The van der Waals surface area contributed by atoms with Crippen LogP contribution in [0.1, 0.15) is 50.2 Å². The Bertz CT molecular complexity index is 914. The molecule has 31 heavy (non-hydrogen) atoms. The summed E-state index contributed by atoms with van der Waals surface area (Å²) in [6, 6.07) is 10.4. The second-order valence-electron chi connectivity index (χ2n) is 8.08. The van der Waals surface area contributed by atoms with Crippen LogP contribution in [0.2, 0.25) is 10.0 Å². The quantitative estimate of drug-likeness (QED) is 0.584. The lowest BCUT2D eigenvalue weighted by Crippen LogP contribution is -2.50. The van der Waals surface area contributed by atoms with Crippen LogP contribution < -0.4 is 5.32 Å². The lowest BCUT2D eigenvalue weighted by molar-refractivity contribution is -0.140. The van der Waals surface area contributed by atoms with E-state index < -0.39 is 6.04 Å². The molecule has 1 aliphatic rings. The van der Waals surface area contributed by atoms with Crippen LogP contribution in [-0.2, 0) is 22.6 Å². The van der Waals surface area contributed by atoms with Crippen LogP contribution >= 0.6 is 23.2 Å². The van der Waals surface area contributed by atoms with Gasteiger partial charge in [-0.15, -0.1) is 0 Å². The molecule has 166 valence electrons. The highest BCUT2D eigenvalue weighted by Gasteiger charge is 2.28. The van der Waals surface area contributed by atoms with E-state index in [1.807, 2.05) is 0 Å². The van der Waals surface area contributed by atoms with Crippen molar-refractivity contribution in [3.8, 4) is 0 Å². The number of amides is 2. The van der Waals surface area contributed by atoms with Gasteiger partial charge in [-0.25, -0.2) is 4.39 Å². The molecule has 0 spiro atoms. The molecule has 2 amide bonds. The number of hydrogen-bond acceptors (Lipinski definition) is 2. The summed E-state index contributed by atoms with van der Waals surface area (Å²) in [4.78, 5) is 27.7. The Kier molecular flexibility index (Phi) is 8.33. The van der Waals surface area contributed by atoms with Crippen molar-refractivity contribution in [1.29, 1.82) is 0 Å². The van der Waals surface area contributed by atoms with E-state index in [0.29, 0.717) is 15.6 Å². The van der Waals surface area contributed by atoms with E-state index in [9.17, 15) is 14.0 Å². The summed E-state index contributed by atoms with van der Waals surface area (Å²) in [7, 11) is 0. The average molecular weight is 465 g/mol. The number of benzene rings is 2. The van der Waals surface area contributed by atoms with Crippen LogP contribution in [0.15, 0.2) is 42.5 Å². The third-order valence-corrected chi connectivity index (χ3v) is 6.33. The van der Waals surface area contributed by atoms with Crippen molar-refractivity contribution in [2.75, 3.05) is 0 Å². The van der Waals surface area contributed by atoms with Gasteiger partial charge in [0, 0.05) is 22.6 Å². The van der Waals surface area contributed by atoms with Gasteiger partial charge in [0.2, 0.25) is 11.8 Å². The molecule has 1 unspecified atom stereocenters. The van der Waals surface area contributed by atoms with Gasteiger partial charge in [0.25, 0.3) is 0 Å². The number of halogens is 3. The lowest BCUT2D eigenvalue weighted by atomic mass is 9.95. The van der Waals surface area contributed by atoms with Crippen LogP contribution in [-0.4, -0.2) is 28.8 Å². The predicted octanol–water partition coefficient (Wildman–Crippen LogP) is 5.54. The van der Waals surface area contributed by atoms with E-state index in [4.69, 9.17) is 23.2 Å². The monoisotopic (exact) mass is 464 g/mol. The summed E-state index contributed by atoms with van der Waals surface area (Å²) in [6.45, 7) is 1.92. The molecule has 7 heteroatoms. The number of hydrogen-bond donors (Lipinski definition) is 1. The first-order chi connectivity index (χ1) is 14.8. The van der Waals surface area contributed by atoms with Crippen molar-refractivity contribution < 1.29 is 14.0 Å². The molecule has 2 aromatic rings. The number of nitrogens with one attached hydrogen (secondary N) is 1. The summed E-state index contributed by atoms with van der Waals surface area (Å²) in [5.74, 6) is -0.762. The fourth-order valence-electron chi connectivity index (χ4n) is 3.87. The van der Waals surface area contributed by atoms with E-state index >= 15 is 0 Å². The molecule has 0 saturated heterocycles. The lowest BCUT2D eigenvalue weighted by Gasteiger charge is -2.31. The average Bonchev–Trinajstić information content (AvgIpc) is 2.75. The smallest absolute Gasteiger partial charge is 0.242 e. The van der Waals surface area contributed by atoms with Crippen LogP contribution in [0.4, 0.5) is 4.39 Å². The van der Waals surface area contributed by atoms with Crippen molar-refractivity contribution in [2.24, 2.45) is 0 Å². The van der Waals surface area contributed by atoms with Gasteiger partial charge in [-0.05, 0) is 55.2 Å². The standard InChI is InChI=1S/C24H27Cl2FN2O2/c1-16(24(31)28-21-5-3-2-4-6-21)29(15-17-7-11-20(27)12-8-17)23(30)13-18-9-10-19(25)14-22(18)26/h7-12,14,16,21H,2-6,13,15H2,1H3,(H,28,31). The van der Waals surface area contributed by atoms with Crippen molar-refractivity contribution in [2.45, 2.75) is 64.1 Å². The normalized spacial score (nSPS) is 15.4. The minimum atomic E-state index is -0.675. The van der Waals surface area contributed by atoms with Crippen molar-refractivity contribution in [3.05, 3.63) is 69.5 Å². The SMILES string of the molecule is CC(C(=O)NC1CCCCC1)N(Cc1ccc(F)cc1)C(=O)Cc1ccc(Cl)cc1Cl. The first-order valence-electron chi connectivity index (χ1n) is 10.6. The minimum absolute atomic E-state index is 0.0399. The van der Waals surface area contributed by atoms with Gasteiger partial charge in [-0.1, -0.05) is 60.7 Å². The first-order valence-corrected chi connectivity index (χ1v) is 11.4. The summed E-state index contributed by atoms with van der Waals surface area (Å²) < 4.78 is 13.3. The van der Waals surface area contributed by atoms with E-state index in [-0.39, 0.29) is 36.6 Å². The Morgan fingerprint density at radius 2 is 1.77 bits per heavy atom. The fraction of sp³-hybridized carbons (Fsp3) is 0.417. The van der Waals surface area contributed by atoms with E-state index in [1.165, 1.54) is 23.5 Å². The molecule has 1 aliphatic carbocycles. The molecule has 1 fully saturated rings. The maximum atomic E-state index is 13.3. The fourth-order valence-corrected chi connectivity index (χ4v) is 4.34. The maximum absolute atomic E-state index is 13.3. The predicted molar refractivity (Wildman–Crippen MR) is 122 cm³/mol.